The van der Waals surface area contributed by atoms with Crippen molar-refractivity contribution < 1.29 is 4.79 Å². The Bertz CT molecular complexity index is 875. The van der Waals surface area contributed by atoms with Gasteiger partial charge >= 0.3 is 0 Å². The molecule has 4 rings (SSSR count). The average Bonchev–Trinajstić information content (AvgIpc) is 3.27. The van der Waals surface area contributed by atoms with Gasteiger partial charge in [-0.25, -0.2) is 0 Å². The Morgan fingerprint density at radius 2 is 1.73 bits per heavy atom. The fourth-order valence-electron chi connectivity index (χ4n) is 5.68. The molecule has 0 atom stereocenters. The quantitative estimate of drug-likeness (QED) is 0.443. The van der Waals surface area contributed by atoms with Gasteiger partial charge in [0, 0.05) is 36.9 Å². The molecule has 33 heavy (non-hydrogen) atoms. The van der Waals surface area contributed by atoms with E-state index in [1.165, 1.54) is 42.6 Å². The minimum absolute atomic E-state index is 0.180. The summed E-state index contributed by atoms with van der Waals surface area (Å²) >= 11 is 1.85. The second-order valence-electron chi connectivity index (χ2n) is 10.6. The minimum atomic E-state index is 0.180. The van der Waals surface area contributed by atoms with Crippen LogP contribution in [0.2, 0.25) is 0 Å². The van der Waals surface area contributed by atoms with E-state index in [0.29, 0.717) is 17.6 Å². The Morgan fingerprint density at radius 1 is 1.03 bits per heavy atom. The number of nitrogens with zero attached hydrogens (tertiary/aromatic N) is 3. The maximum absolute atomic E-state index is 12.3. The van der Waals surface area contributed by atoms with Crippen molar-refractivity contribution in [3.63, 3.8) is 0 Å². The average molecular weight is 468 g/mol. The van der Waals surface area contributed by atoms with Crippen molar-refractivity contribution in [2.45, 2.75) is 77.1 Å². The van der Waals surface area contributed by atoms with Gasteiger partial charge in [-0.15, -0.1) is 0 Å². The van der Waals surface area contributed by atoms with Gasteiger partial charge in [-0.2, -0.15) is 16.9 Å². The largest absolute Gasteiger partial charge is 0.299 e. The Hall–Kier alpha value is -1.59. The number of ketones is 1. The summed E-state index contributed by atoms with van der Waals surface area (Å²) < 4.78 is 2.15. The number of likely N-dealkylation sites (tertiary alicyclic amines) is 1. The molecule has 4 nitrogen and oxygen atoms in total. The maximum Gasteiger partial charge on any atom is 0.138 e. The van der Waals surface area contributed by atoms with Crippen molar-refractivity contribution in [1.29, 1.82) is 0 Å². The van der Waals surface area contributed by atoms with E-state index in [1.807, 2.05) is 31.8 Å². The van der Waals surface area contributed by atoms with Gasteiger partial charge < -0.3 is 0 Å². The van der Waals surface area contributed by atoms with Crippen LogP contribution in [0.5, 0.6) is 0 Å². The number of piperidine rings is 1. The number of carbonyl (C=O) groups is 1. The molecule has 2 aliphatic rings. The highest BCUT2D eigenvalue weighted by molar-refractivity contribution is 7.97. The van der Waals surface area contributed by atoms with Crippen LogP contribution in [-0.4, -0.2) is 39.8 Å². The van der Waals surface area contributed by atoms with E-state index < -0.39 is 0 Å². The second-order valence-corrected chi connectivity index (χ2v) is 11.4. The van der Waals surface area contributed by atoms with E-state index >= 15 is 0 Å². The first kappa shape index (κ1) is 24.5. The number of hydrogen-bond donors (Lipinski definition) is 0. The first-order valence-corrected chi connectivity index (χ1v) is 14.3. The van der Waals surface area contributed by atoms with Gasteiger partial charge in [-0.05, 0) is 86.4 Å². The van der Waals surface area contributed by atoms with Crippen LogP contribution in [-0.2, 0) is 23.6 Å². The van der Waals surface area contributed by atoms with Crippen molar-refractivity contribution in [2.24, 2.45) is 17.8 Å². The molecule has 1 saturated carbocycles. The van der Waals surface area contributed by atoms with E-state index in [2.05, 4.69) is 51.4 Å². The molecule has 1 aromatic heterocycles. The molecule has 0 radical (unpaired) electrons. The fourth-order valence-corrected chi connectivity index (χ4v) is 6.16. The molecule has 2 heterocycles. The highest BCUT2D eigenvalue weighted by atomic mass is 32.2. The zero-order chi connectivity index (χ0) is 23.2. The number of aromatic nitrogens is 2. The predicted octanol–water partition coefficient (Wildman–Crippen LogP) is 6.16. The van der Waals surface area contributed by atoms with E-state index in [-0.39, 0.29) is 5.92 Å². The summed E-state index contributed by atoms with van der Waals surface area (Å²) in [5, 5.41) is 4.56. The number of hydrogen-bond acceptors (Lipinski definition) is 4. The SMILES string of the molecule is CSCc1cnn(CC2CCN(Cc3ccc(C4CCC(C(=O)C(C)C)CC4)cc3)CC2)c1. The monoisotopic (exact) mass is 467 g/mol. The van der Waals surface area contributed by atoms with E-state index in [9.17, 15) is 4.79 Å². The van der Waals surface area contributed by atoms with Crippen LogP contribution in [0.25, 0.3) is 0 Å². The molecule has 1 aliphatic heterocycles. The van der Waals surface area contributed by atoms with Crippen molar-refractivity contribution in [1.82, 2.24) is 14.7 Å². The van der Waals surface area contributed by atoms with Crippen LogP contribution in [0.3, 0.4) is 0 Å². The molecule has 0 unspecified atom stereocenters. The highest BCUT2D eigenvalue weighted by Crippen LogP contribution is 2.37. The summed E-state index contributed by atoms with van der Waals surface area (Å²) in [5.74, 6) is 3.37. The molecule has 5 heteroatoms. The highest BCUT2D eigenvalue weighted by Gasteiger charge is 2.28. The van der Waals surface area contributed by atoms with E-state index in [0.717, 1.165) is 50.4 Å². The zero-order valence-electron chi connectivity index (χ0n) is 20.7. The van der Waals surface area contributed by atoms with Crippen molar-refractivity contribution >= 4 is 17.5 Å². The van der Waals surface area contributed by atoms with Crippen LogP contribution in [0.15, 0.2) is 36.7 Å². The Kier molecular flexibility index (Phi) is 8.70. The maximum atomic E-state index is 12.3. The molecule has 0 bridgehead atoms. The van der Waals surface area contributed by atoms with Crippen LogP contribution in [0.1, 0.15) is 75.0 Å². The van der Waals surface area contributed by atoms with Gasteiger partial charge in [0.15, 0.2) is 0 Å². The van der Waals surface area contributed by atoms with Crippen LogP contribution >= 0.6 is 11.8 Å². The molecular weight excluding hydrogens is 426 g/mol. The standard InChI is InChI=1S/C28H41N3OS/c1-21(2)28(32)27-10-8-26(9-11-27)25-6-4-22(5-7-25)17-30-14-12-23(13-15-30)18-31-19-24(16-29-31)20-33-3/h4-7,16,19,21,23,26-27H,8-15,17-18,20H2,1-3H3. The lowest BCUT2D eigenvalue weighted by Crippen LogP contribution is -2.34. The van der Waals surface area contributed by atoms with Gasteiger partial charge in [-0.3, -0.25) is 14.4 Å². The third-order valence-electron chi connectivity index (χ3n) is 7.71. The Labute approximate surface area is 204 Å². The second kappa shape index (κ2) is 11.7. The number of thioether (sulfide) groups is 1. The van der Waals surface area contributed by atoms with E-state index in [4.69, 9.17) is 0 Å². The van der Waals surface area contributed by atoms with Crippen LogP contribution in [0.4, 0.5) is 0 Å². The van der Waals surface area contributed by atoms with Gasteiger partial charge in [0.25, 0.3) is 0 Å². The van der Waals surface area contributed by atoms with Crippen molar-refractivity contribution in [2.75, 3.05) is 19.3 Å². The normalized spacial score (nSPS) is 22.7. The molecule has 0 N–H and O–H groups in total. The van der Waals surface area contributed by atoms with Gasteiger partial charge in [0.1, 0.15) is 5.78 Å². The lowest BCUT2D eigenvalue weighted by atomic mass is 9.75. The van der Waals surface area contributed by atoms with Gasteiger partial charge in [0.2, 0.25) is 0 Å². The first-order chi connectivity index (χ1) is 16.0. The van der Waals surface area contributed by atoms with Crippen molar-refractivity contribution in [3.05, 3.63) is 53.3 Å². The molecule has 0 amide bonds. The third kappa shape index (κ3) is 6.73. The molecule has 0 spiro atoms. The summed E-state index contributed by atoms with van der Waals surface area (Å²) in [6.07, 6.45) is 13.3. The Morgan fingerprint density at radius 3 is 2.36 bits per heavy atom. The summed E-state index contributed by atoms with van der Waals surface area (Å²) in [6, 6.07) is 9.37. The lowest BCUT2D eigenvalue weighted by molar-refractivity contribution is -0.126. The molecular formula is C28H41N3OS. The molecule has 1 aliphatic carbocycles. The number of Topliss-reactive ketones (excluding diaryl/α,β-unsaturated/α-hetero) is 1. The third-order valence-corrected chi connectivity index (χ3v) is 8.33. The van der Waals surface area contributed by atoms with E-state index in [1.54, 1.807) is 0 Å². The molecule has 180 valence electrons. The lowest BCUT2D eigenvalue weighted by Gasteiger charge is -2.32. The summed E-state index contributed by atoms with van der Waals surface area (Å²) in [5.41, 5.74) is 4.23. The number of benzene rings is 1. The summed E-state index contributed by atoms with van der Waals surface area (Å²) in [4.78, 5) is 14.9. The fraction of sp³-hybridized carbons (Fsp3) is 0.643. The summed E-state index contributed by atoms with van der Waals surface area (Å²) in [7, 11) is 0. The number of rotatable bonds is 9. The smallest absolute Gasteiger partial charge is 0.138 e. The minimum Gasteiger partial charge on any atom is -0.299 e. The predicted molar refractivity (Wildman–Crippen MR) is 138 cm³/mol. The summed E-state index contributed by atoms with van der Waals surface area (Å²) in [6.45, 7) is 8.55. The number of carbonyl (C=O) groups excluding carboxylic acids is 1. The Balaban J connectivity index is 1.20. The molecule has 2 fully saturated rings. The zero-order valence-corrected chi connectivity index (χ0v) is 21.5. The molecule has 2 aromatic rings. The van der Waals surface area contributed by atoms with Crippen LogP contribution < -0.4 is 0 Å². The van der Waals surface area contributed by atoms with Gasteiger partial charge in [0.05, 0.1) is 6.20 Å². The van der Waals surface area contributed by atoms with Crippen LogP contribution in [0, 0.1) is 17.8 Å². The topological polar surface area (TPSA) is 38.1 Å². The van der Waals surface area contributed by atoms with Crippen molar-refractivity contribution in [3.8, 4) is 0 Å². The van der Waals surface area contributed by atoms with Gasteiger partial charge in [-0.1, -0.05) is 38.1 Å². The molecule has 1 aromatic carbocycles. The molecule has 1 saturated heterocycles. The first-order valence-electron chi connectivity index (χ1n) is 12.9.